The fourth-order valence-corrected chi connectivity index (χ4v) is 3.98. The number of rotatable bonds is 5. The lowest BCUT2D eigenvalue weighted by Gasteiger charge is -2.11. The molecule has 0 atom stereocenters. The van der Waals surface area contributed by atoms with E-state index in [1.807, 2.05) is 68.6 Å². The second kappa shape index (κ2) is 7.54. The normalized spacial score (nSPS) is 13.5. The number of carbonyl (C=O) groups excluding carboxylic acids is 1. The molecule has 5 rings (SSSR count). The molecule has 2 heterocycles. The van der Waals surface area contributed by atoms with Crippen molar-refractivity contribution >= 4 is 22.6 Å². The van der Waals surface area contributed by atoms with Crippen LogP contribution >= 0.6 is 0 Å². The van der Waals surface area contributed by atoms with Gasteiger partial charge in [-0.1, -0.05) is 42.5 Å². The van der Waals surface area contributed by atoms with E-state index in [2.05, 4.69) is 10.3 Å². The summed E-state index contributed by atoms with van der Waals surface area (Å²) in [6, 6.07) is 16.0. The molecular weight excluding hydrogens is 388 g/mol. The third kappa shape index (κ3) is 3.65. The van der Waals surface area contributed by atoms with Gasteiger partial charge in [0.1, 0.15) is 17.6 Å². The average Bonchev–Trinajstić information content (AvgIpc) is 3.53. The smallest absolute Gasteiger partial charge is 0.278 e. The molecule has 1 amide bonds. The van der Waals surface area contributed by atoms with Crippen molar-refractivity contribution in [3.05, 3.63) is 82.5 Å². The Morgan fingerprint density at radius 3 is 2.65 bits per heavy atom. The highest BCUT2D eigenvalue weighted by Crippen LogP contribution is 2.34. The van der Waals surface area contributed by atoms with Gasteiger partial charge in [0.25, 0.3) is 5.56 Å². The minimum atomic E-state index is -0.175. The number of nitrogens with zero attached hydrogens (tertiary/aromatic N) is 3. The Kier molecular flexibility index (Phi) is 4.70. The van der Waals surface area contributed by atoms with Gasteiger partial charge in [0, 0.05) is 23.5 Å². The third-order valence-electron chi connectivity index (χ3n) is 5.81. The van der Waals surface area contributed by atoms with Gasteiger partial charge in [-0.05, 0) is 49.4 Å². The van der Waals surface area contributed by atoms with E-state index in [0.717, 1.165) is 40.8 Å². The number of fused-ring (bicyclic) bond motifs is 1. The largest absolute Gasteiger partial charge is 0.332 e. The lowest BCUT2D eigenvalue weighted by atomic mass is 10.1. The zero-order valence-corrected chi connectivity index (χ0v) is 17.6. The molecule has 6 heteroatoms. The van der Waals surface area contributed by atoms with E-state index in [-0.39, 0.29) is 24.1 Å². The monoisotopic (exact) mass is 412 g/mol. The van der Waals surface area contributed by atoms with Crippen molar-refractivity contribution in [2.24, 2.45) is 0 Å². The van der Waals surface area contributed by atoms with Crippen LogP contribution in [0.5, 0.6) is 0 Å². The number of amides is 1. The summed E-state index contributed by atoms with van der Waals surface area (Å²) >= 11 is 0. The number of hydrogen-bond acceptors (Lipinski definition) is 3. The maximum absolute atomic E-state index is 13.3. The Hall–Kier alpha value is -3.67. The van der Waals surface area contributed by atoms with Crippen molar-refractivity contribution in [1.29, 1.82) is 0 Å². The number of aromatic nitrogens is 3. The van der Waals surface area contributed by atoms with Crippen LogP contribution in [0.4, 0.5) is 5.69 Å². The molecule has 6 nitrogen and oxygen atoms in total. The molecular formula is C25H24N4O2. The molecule has 2 aromatic heterocycles. The van der Waals surface area contributed by atoms with E-state index in [1.54, 1.807) is 15.5 Å². The molecule has 0 saturated heterocycles. The van der Waals surface area contributed by atoms with Crippen molar-refractivity contribution in [2.45, 2.75) is 39.3 Å². The molecule has 0 radical (unpaired) electrons. The molecule has 1 fully saturated rings. The minimum absolute atomic E-state index is 0.0440. The lowest BCUT2D eigenvalue weighted by Crippen LogP contribution is -2.24. The van der Waals surface area contributed by atoms with Gasteiger partial charge in [0.15, 0.2) is 0 Å². The second-order valence-corrected chi connectivity index (χ2v) is 8.29. The fraction of sp³-hybridized carbons (Fsp3) is 0.240. The van der Waals surface area contributed by atoms with Gasteiger partial charge in [-0.3, -0.25) is 14.2 Å². The first-order valence-corrected chi connectivity index (χ1v) is 10.5. The van der Waals surface area contributed by atoms with Crippen molar-refractivity contribution in [3.8, 4) is 11.1 Å². The van der Waals surface area contributed by atoms with Crippen LogP contribution in [0.1, 0.15) is 30.0 Å². The summed E-state index contributed by atoms with van der Waals surface area (Å²) in [5.74, 6) is -0.175. The molecule has 2 aromatic carbocycles. The lowest BCUT2D eigenvalue weighted by molar-refractivity contribution is -0.116. The zero-order valence-electron chi connectivity index (χ0n) is 17.6. The van der Waals surface area contributed by atoms with Gasteiger partial charge in [-0.15, -0.1) is 0 Å². The fourth-order valence-electron chi connectivity index (χ4n) is 3.98. The summed E-state index contributed by atoms with van der Waals surface area (Å²) in [6.45, 7) is 4.00. The van der Waals surface area contributed by atoms with Crippen LogP contribution in [0.25, 0.3) is 22.2 Å². The molecule has 1 aliphatic carbocycles. The van der Waals surface area contributed by atoms with Crippen LogP contribution in [-0.4, -0.2) is 20.0 Å². The topological polar surface area (TPSA) is 68.9 Å². The Morgan fingerprint density at radius 2 is 1.90 bits per heavy atom. The Balaban J connectivity index is 1.57. The van der Waals surface area contributed by atoms with E-state index in [4.69, 9.17) is 0 Å². The van der Waals surface area contributed by atoms with Crippen LogP contribution in [0.2, 0.25) is 0 Å². The quantitative estimate of drug-likeness (QED) is 0.526. The minimum Gasteiger partial charge on any atom is -0.332 e. The van der Waals surface area contributed by atoms with E-state index in [0.29, 0.717) is 11.0 Å². The van der Waals surface area contributed by atoms with Gasteiger partial charge < -0.3 is 9.88 Å². The number of aryl methyl sites for hydroxylation is 2. The molecule has 1 N–H and O–H groups in total. The molecule has 31 heavy (non-hydrogen) atoms. The van der Waals surface area contributed by atoms with Crippen LogP contribution in [-0.2, 0) is 11.3 Å². The molecule has 156 valence electrons. The Labute approximate surface area is 180 Å². The molecule has 0 bridgehead atoms. The maximum atomic E-state index is 13.3. The average molecular weight is 412 g/mol. The summed E-state index contributed by atoms with van der Waals surface area (Å²) < 4.78 is 3.45. The number of benzene rings is 2. The molecule has 0 spiro atoms. The van der Waals surface area contributed by atoms with E-state index < -0.39 is 0 Å². The summed E-state index contributed by atoms with van der Waals surface area (Å²) in [6.07, 6.45) is 5.50. The van der Waals surface area contributed by atoms with E-state index in [9.17, 15) is 9.59 Å². The first-order valence-electron chi connectivity index (χ1n) is 10.5. The molecule has 0 unspecified atom stereocenters. The van der Waals surface area contributed by atoms with Gasteiger partial charge >= 0.3 is 0 Å². The highest BCUT2D eigenvalue weighted by atomic mass is 16.2. The summed E-state index contributed by atoms with van der Waals surface area (Å²) in [4.78, 5) is 30.8. The first-order chi connectivity index (χ1) is 15.0. The molecule has 4 aromatic rings. The van der Waals surface area contributed by atoms with Crippen molar-refractivity contribution < 1.29 is 4.79 Å². The first kappa shape index (κ1) is 19.3. The van der Waals surface area contributed by atoms with Gasteiger partial charge in [-0.25, -0.2) is 4.98 Å². The second-order valence-electron chi connectivity index (χ2n) is 8.29. The van der Waals surface area contributed by atoms with Crippen LogP contribution in [0, 0.1) is 13.8 Å². The number of anilines is 1. The van der Waals surface area contributed by atoms with Crippen molar-refractivity contribution in [2.75, 3.05) is 5.32 Å². The Bertz CT molecular complexity index is 1350. The SMILES string of the molecule is Cc1ccc(C)c(NC(=O)Cn2cc(-c3ccccc3)c3ncn(C4CC4)c(=O)c32)c1. The summed E-state index contributed by atoms with van der Waals surface area (Å²) in [5, 5.41) is 2.99. The molecule has 0 aliphatic heterocycles. The predicted octanol–water partition coefficient (Wildman–Crippen LogP) is 4.46. The standard InChI is InChI=1S/C25H24N4O2/c1-16-8-9-17(2)21(12-16)27-22(30)14-28-13-20(18-6-4-3-5-7-18)23-24(28)25(31)29(15-26-23)19-10-11-19/h3-9,12-13,15,19H,10-11,14H2,1-2H3,(H,27,30). The number of nitrogens with one attached hydrogen (secondary N) is 1. The third-order valence-corrected chi connectivity index (χ3v) is 5.81. The summed E-state index contributed by atoms with van der Waals surface area (Å²) in [5.41, 5.74) is 5.71. The zero-order chi connectivity index (χ0) is 21.5. The number of carbonyl (C=O) groups is 1. The van der Waals surface area contributed by atoms with E-state index in [1.165, 1.54) is 0 Å². The molecule has 1 saturated carbocycles. The van der Waals surface area contributed by atoms with Crippen LogP contribution in [0.15, 0.2) is 65.8 Å². The van der Waals surface area contributed by atoms with Crippen LogP contribution in [0.3, 0.4) is 0 Å². The summed E-state index contributed by atoms with van der Waals surface area (Å²) in [7, 11) is 0. The highest BCUT2D eigenvalue weighted by molar-refractivity contribution is 5.96. The van der Waals surface area contributed by atoms with Gasteiger partial charge in [0.2, 0.25) is 5.91 Å². The predicted molar refractivity (Wildman–Crippen MR) is 122 cm³/mol. The number of hydrogen-bond donors (Lipinski definition) is 1. The van der Waals surface area contributed by atoms with Crippen molar-refractivity contribution in [3.63, 3.8) is 0 Å². The van der Waals surface area contributed by atoms with Gasteiger partial charge in [-0.2, -0.15) is 0 Å². The van der Waals surface area contributed by atoms with Crippen molar-refractivity contribution in [1.82, 2.24) is 14.1 Å². The Morgan fingerprint density at radius 1 is 1.13 bits per heavy atom. The van der Waals surface area contributed by atoms with E-state index >= 15 is 0 Å². The van der Waals surface area contributed by atoms with Gasteiger partial charge in [0.05, 0.1) is 6.33 Å². The maximum Gasteiger partial charge on any atom is 0.278 e. The highest BCUT2D eigenvalue weighted by Gasteiger charge is 2.27. The molecule has 1 aliphatic rings. The van der Waals surface area contributed by atoms with Crippen LogP contribution < -0.4 is 10.9 Å².